The average Bonchev–Trinajstić information content (AvgIpc) is 2.62. The SMILES string of the molecule is CC1CCCC(C(C)C(=O)C2=CCCC=NC=C2)CC1. The van der Waals surface area contributed by atoms with Crippen molar-refractivity contribution in [1.29, 1.82) is 0 Å². The number of hydrogen-bond donors (Lipinski definition) is 0. The minimum atomic E-state index is 0.152. The van der Waals surface area contributed by atoms with E-state index in [0.29, 0.717) is 11.7 Å². The summed E-state index contributed by atoms with van der Waals surface area (Å²) in [5.74, 6) is 1.87. The van der Waals surface area contributed by atoms with Gasteiger partial charge in [-0.1, -0.05) is 39.2 Å². The van der Waals surface area contributed by atoms with Crippen LogP contribution in [0.25, 0.3) is 0 Å². The van der Waals surface area contributed by atoms with Crippen molar-refractivity contribution in [3.8, 4) is 0 Å². The van der Waals surface area contributed by atoms with Crippen molar-refractivity contribution >= 4 is 12.0 Å². The van der Waals surface area contributed by atoms with Crippen molar-refractivity contribution in [3.63, 3.8) is 0 Å². The molecule has 0 radical (unpaired) electrons. The molecule has 0 N–H and O–H groups in total. The minimum absolute atomic E-state index is 0.152. The lowest BCUT2D eigenvalue weighted by molar-refractivity contribution is -0.120. The summed E-state index contributed by atoms with van der Waals surface area (Å²) >= 11 is 0. The zero-order chi connectivity index (χ0) is 14.4. The van der Waals surface area contributed by atoms with Gasteiger partial charge in [-0.15, -0.1) is 0 Å². The lowest BCUT2D eigenvalue weighted by Gasteiger charge is -2.22. The molecule has 3 atom stereocenters. The van der Waals surface area contributed by atoms with Gasteiger partial charge in [-0.05, 0) is 43.6 Å². The molecule has 20 heavy (non-hydrogen) atoms. The number of Topliss-reactive ketones (excluding diaryl/α,β-unsaturated/α-hetero) is 1. The molecule has 0 aromatic rings. The number of ketones is 1. The zero-order valence-electron chi connectivity index (χ0n) is 12.8. The molecule has 3 unspecified atom stereocenters. The molecule has 110 valence electrons. The second kappa shape index (κ2) is 7.56. The third kappa shape index (κ3) is 4.16. The molecule has 0 spiro atoms. The lowest BCUT2D eigenvalue weighted by atomic mass is 9.82. The average molecular weight is 273 g/mol. The van der Waals surface area contributed by atoms with Crippen molar-refractivity contribution in [3.05, 3.63) is 23.9 Å². The van der Waals surface area contributed by atoms with Crippen LogP contribution in [0, 0.1) is 17.8 Å². The largest absolute Gasteiger partial charge is 0.294 e. The van der Waals surface area contributed by atoms with Crippen molar-refractivity contribution in [2.75, 3.05) is 0 Å². The Bertz CT molecular complexity index is 419. The predicted octanol–water partition coefficient (Wildman–Crippen LogP) is 4.71. The van der Waals surface area contributed by atoms with E-state index in [2.05, 4.69) is 24.9 Å². The van der Waals surface area contributed by atoms with Gasteiger partial charge in [0.2, 0.25) is 0 Å². The maximum atomic E-state index is 12.7. The number of nitrogens with zero attached hydrogens (tertiary/aromatic N) is 1. The highest BCUT2D eigenvalue weighted by Crippen LogP contribution is 2.33. The Kier molecular flexibility index (Phi) is 5.75. The van der Waals surface area contributed by atoms with E-state index in [1.54, 1.807) is 6.20 Å². The highest BCUT2D eigenvalue weighted by atomic mass is 16.1. The Morgan fingerprint density at radius 2 is 2.10 bits per heavy atom. The summed E-state index contributed by atoms with van der Waals surface area (Å²) in [6.45, 7) is 4.46. The van der Waals surface area contributed by atoms with Crippen LogP contribution < -0.4 is 0 Å². The van der Waals surface area contributed by atoms with E-state index in [9.17, 15) is 4.79 Å². The van der Waals surface area contributed by atoms with Crippen molar-refractivity contribution in [1.82, 2.24) is 0 Å². The van der Waals surface area contributed by atoms with Crippen LogP contribution in [0.15, 0.2) is 28.9 Å². The van der Waals surface area contributed by atoms with E-state index >= 15 is 0 Å². The first-order valence-electron chi connectivity index (χ1n) is 8.11. The van der Waals surface area contributed by atoms with Crippen molar-refractivity contribution in [2.45, 2.75) is 58.8 Å². The molecule has 1 heterocycles. The van der Waals surface area contributed by atoms with Crippen molar-refractivity contribution in [2.24, 2.45) is 22.7 Å². The van der Waals surface area contributed by atoms with Gasteiger partial charge in [0.05, 0.1) is 0 Å². The van der Waals surface area contributed by atoms with Gasteiger partial charge >= 0.3 is 0 Å². The van der Waals surface area contributed by atoms with E-state index in [1.165, 1.54) is 32.1 Å². The monoisotopic (exact) mass is 273 g/mol. The molecule has 0 amide bonds. The van der Waals surface area contributed by atoms with Crippen LogP contribution >= 0.6 is 0 Å². The molecule has 1 aliphatic heterocycles. The summed E-state index contributed by atoms with van der Waals surface area (Å²) in [5, 5.41) is 0. The maximum Gasteiger partial charge on any atom is 0.165 e. The fraction of sp³-hybridized carbons (Fsp3) is 0.667. The van der Waals surface area contributed by atoms with E-state index in [0.717, 1.165) is 24.3 Å². The molecule has 1 aliphatic carbocycles. The van der Waals surface area contributed by atoms with Crippen LogP contribution in [0.1, 0.15) is 58.8 Å². The van der Waals surface area contributed by atoms with E-state index < -0.39 is 0 Å². The highest BCUT2D eigenvalue weighted by Gasteiger charge is 2.27. The van der Waals surface area contributed by atoms with Crippen LogP contribution in [-0.2, 0) is 4.79 Å². The summed E-state index contributed by atoms with van der Waals surface area (Å²) in [6.07, 6.45) is 15.8. The van der Waals surface area contributed by atoms with Crippen LogP contribution in [0.5, 0.6) is 0 Å². The van der Waals surface area contributed by atoms with E-state index in [4.69, 9.17) is 0 Å². The predicted molar refractivity (Wildman–Crippen MR) is 84.9 cm³/mol. The Morgan fingerprint density at radius 1 is 1.25 bits per heavy atom. The van der Waals surface area contributed by atoms with Crippen LogP contribution in [0.4, 0.5) is 0 Å². The Labute approximate surface area is 123 Å². The Hall–Kier alpha value is -1.18. The molecular formula is C18H27NO. The molecule has 2 aliphatic rings. The van der Waals surface area contributed by atoms with Gasteiger partial charge in [-0.3, -0.25) is 9.79 Å². The second-order valence-electron chi connectivity index (χ2n) is 6.41. The van der Waals surface area contributed by atoms with Gasteiger partial charge in [0.25, 0.3) is 0 Å². The number of aliphatic imine (C=N–C) groups is 1. The van der Waals surface area contributed by atoms with Gasteiger partial charge in [-0.2, -0.15) is 0 Å². The summed E-state index contributed by atoms with van der Waals surface area (Å²) < 4.78 is 0. The van der Waals surface area contributed by atoms with Crippen LogP contribution in [-0.4, -0.2) is 12.0 Å². The first kappa shape index (κ1) is 15.2. The number of allylic oxidation sites excluding steroid dienone is 3. The topological polar surface area (TPSA) is 29.4 Å². The normalized spacial score (nSPS) is 29.0. The first-order chi connectivity index (χ1) is 9.68. The molecule has 1 fully saturated rings. The van der Waals surface area contributed by atoms with Gasteiger partial charge in [0.15, 0.2) is 5.78 Å². The van der Waals surface area contributed by atoms with Gasteiger partial charge in [0, 0.05) is 23.9 Å². The molecule has 0 bridgehead atoms. The second-order valence-corrected chi connectivity index (χ2v) is 6.41. The highest BCUT2D eigenvalue weighted by molar-refractivity contribution is 5.99. The zero-order valence-corrected chi connectivity index (χ0v) is 12.8. The molecule has 1 saturated carbocycles. The lowest BCUT2D eigenvalue weighted by Crippen LogP contribution is -2.22. The third-order valence-electron chi connectivity index (χ3n) is 4.81. The molecule has 0 saturated heterocycles. The van der Waals surface area contributed by atoms with Crippen LogP contribution in [0.2, 0.25) is 0 Å². The summed E-state index contributed by atoms with van der Waals surface area (Å²) in [5.41, 5.74) is 0.867. The molecule has 2 heteroatoms. The standard InChI is InChI=1S/C18H27NO/c1-14-6-5-8-16(10-9-14)15(2)18(20)17-7-3-4-12-19-13-11-17/h7,11-16H,3-6,8-10H2,1-2H3. The smallest absolute Gasteiger partial charge is 0.165 e. The molecule has 0 aromatic heterocycles. The number of rotatable bonds is 3. The van der Waals surface area contributed by atoms with E-state index in [-0.39, 0.29) is 5.92 Å². The number of carbonyl (C=O) groups excluding carboxylic acids is 1. The Morgan fingerprint density at radius 3 is 2.95 bits per heavy atom. The summed E-state index contributed by atoms with van der Waals surface area (Å²) in [7, 11) is 0. The first-order valence-corrected chi connectivity index (χ1v) is 8.11. The molecule has 0 aromatic carbocycles. The quantitative estimate of drug-likeness (QED) is 0.684. The van der Waals surface area contributed by atoms with Crippen LogP contribution in [0.3, 0.4) is 0 Å². The van der Waals surface area contributed by atoms with Gasteiger partial charge in [0.1, 0.15) is 0 Å². The molecule has 2 rings (SSSR count). The molecular weight excluding hydrogens is 246 g/mol. The third-order valence-corrected chi connectivity index (χ3v) is 4.81. The maximum absolute atomic E-state index is 12.7. The van der Waals surface area contributed by atoms with Gasteiger partial charge < -0.3 is 0 Å². The summed E-state index contributed by atoms with van der Waals surface area (Å²) in [6, 6.07) is 0. The number of carbonyl (C=O) groups is 1. The fourth-order valence-corrected chi connectivity index (χ4v) is 3.32. The fourth-order valence-electron chi connectivity index (χ4n) is 3.32. The molecule has 2 nitrogen and oxygen atoms in total. The Balaban J connectivity index is 2.01. The van der Waals surface area contributed by atoms with E-state index in [1.807, 2.05) is 12.3 Å². The number of hydrogen-bond acceptors (Lipinski definition) is 2. The van der Waals surface area contributed by atoms with Crippen molar-refractivity contribution < 1.29 is 4.79 Å². The summed E-state index contributed by atoms with van der Waals surface area (Å²) in [4.78, 5) is 16.8. The van der Waals surface area contributed by atoms with Gasteiger partial charge in [-0.25, -0.2) is 0 Å². The minimum Gasteiger partial charge on any atom is -0.294 e.